The largest absolute Gasteiger partial charge is 0.454 e. The second kappa shape index (κ2) is 9.88. The Morgan fingerprint density at radius 1 is 0.970 bits per heavy atom. The smallest absolute Gasteiger partial charge is 0.338 e. The Morgan fingerprint density at radius 3 is 2.39 bits per heavy atom. The second-order valence-electron chi connectivity index (χ2n) is 7.01. The van der Waals surface area contributed by atoms with E-state index in [9.17, 15) is 9.59 Å². The standard InChI is InChI=1S/C23H20N6O3S/c1-14-4-8-17(9-5-14)26-23-28-19(27-22(24)29-23)13-32-21(31)15-6-10-16(11-7-15)25-20(30)18-3-2-12-33-18/h2-12H,13H2,1H3,(H,25,30)(H3,24,26,27,28,29). The highest BCUT2D eigenvalue weighted by Gasteiger charge is 2.12. The minimum Gasteiger partial charge on any atom is -0.454 e. The number of nitrogens with one attached hydrogen (secondary N) is 2. The average Bonchev–Trinajstić information content (AvgIpc) is 3.34. The van der Waals surface area contributed by atoms with E-state index in [1.807, 2.05) is 36.6 Å². The predicted octanol–water partition coefficient (Wildman–Crippen LogP) is 4.18. The van der Waals surface area contributed by atoms with Gasteiger partial charge in [-0.3, -0.25) is 4.79 Å². The van der Waals surface area contributed by atoms with Gasteiger partial charge in [0, 0.05) is 11.4 Å². The van der Waals surface area contributed by atoms with E-state index < -0.39 is 5.97 Å². The Bertz CT molecular complexity index is 1260. The molecule has 0 saturated carbocycles. The van der Waals surface area contributed by atoms with Crippen LogP contribution in [0.4, 0.5) is 23.3 Å². The minimum absolute atomic E-state index is 0.0106. The van der Waals surface area contributed by atoms with E-state index in [4.69, 9.17) is 10.5 Å². The number of anilines is 4. The molecule has 2 aromatic carbocycles. The molecule has 9 nitrogen and oxygen atoms in total. The van der Waals surface area contributed by atoms with Crippen LogP contribution in [0.5, 0.6) is 0 Å². The van der Waals surface area contributed by atoms with Gasteiger partial charge in [0.05, 0.1) is 10.4 Å². The van der Waals surface area contributed by atoms with Crippen molar-refractivity contribution >= 4 is 46.5 Å². The number of thiophene rings is 1. The molecule has 0 saturated heterocycles. The van der Waals surface area contributed by atoms with Gasteiger partial charge < -0.3 is 21.1 Å². The number of carbonyl (C=O) groups excluding carboxylic acids is 2. The zero-order valence-corrected chi connectivity index (χ0v) is 18.4. The molecule has 0 aliphatic carbocycles. The van der Waals surface area contributed by atoms with Gasteiger partial charge in [-0.25, -0.2) is 4.79 Å². The molecule has 0 aliphatic rings. The predicted molar refractivity (Wildman–Crippen MR) is 127 cm³/mol. The van der Waals surface area contributed by atoms with Gasteiger partial charge in [0.25, 0.3) is 5.91 Å². The number of hydrogen-bond acceptors (Lipinski definition) is 9. The van der Waals surface area contributed by atoms with Crippen LogP contribution in [0.15, 0.2) is 66.0 Å². The number of aryl methyl sites for hydroxylation is 1. The van der Waals surface area contributed by atoms with Crippen LogP contribution in [0.3, 0.4) is 0 Å². The summed E-state index contributed by atoms with van der Waals surface area (Å²) in [5, 5.41) is 7.65. The first-order valence-corrected chi connectivity index (χ1v) is 10.8. The van der Waals surface area contributed by atoms with Gasteiger partial charge in [0.15, 0.2) is 12.4 Å². The molecule has 0 atom stereocenters. The molecule has 33 heavy (non-hydrogen) atoms. The number of nitrogens with two attached hydrogens (primary N) is 1. The monoisotopic (exact) mass is 460 g/mol. The first-order chi connectivity index (χ1) is 16.0. The lowest BCUT2D eigenvalue weighted by atomic mass is 10.2. The van der Waals surface area contributed by atoms with Gasteiger partial charge in [-0.05, 0) is 54.8 Å². The van der Waals surface area contributed by atoms with Gasteiger partial charge in [-0.2, -0.15) is 15.0 Å². The maximum absolute atomic E-state index is 12.4. The molecule has 4 rings (SSSR count). The molecule has 166 valence electrons. The number of hydrogen-bond donors (Lipinski definition) is 3. The molecule has 0 bridgehead atoms. The van der Waals surface area contributed by atoms with E-state index in [-0.39, 0.29) is 30.2 Å². The zero-order valence-electron chi connectivity index (χ0n) is 17.6. The zero-order chi connectivity index (χ0) is 23.2. The summed E-state index contributed by atoms with van der Waals surface area (Å²) in [7, 11) is 0. The van der Waals surface area contributed by atoms with Gasteiger partial charge in [0.1, 0.15) is 0 Å². The lowest BCUT2D eigenvalue weighted by molar-refractivity contribution is 0.0462. The summed E-state index contributed by atoms with van der Waals surface area (Å²) in [5.74, 6) is -0.286. The molecule has 0 aliphatic heterocycles. The van der Waals surface area contributed by atoms with Crippen LogP contribution in [-0.2, 0) is 11.3 Å². The highest BCUT2D eigenvalue weighted by Crippen LogP contribution is 2.16. The van der Waals surface area contributed by atoms with Gasteiger partial charge in [0.2, 0.25) is 11.9 Å². The lowest BCUT2D eigenvalue weighted by Gasteiger charge is -2.09. The fourth-order valence-corrected chi connectivity index (χ4v) is 3.45. The molecule has 4 N–H and O–H groups in total. The molecule has 1 amide bonds. The van der Waals surface area contributed by atoms with Crippen molar-refractivity contribution < 1.29 is 14.3 Å². The summed E-state index contributed by atoms with van der Waals surface area (Å²) < 4.78 is 5.31. The maximum Gasteiger partial charge on any atom is 0.338 e. The lowest BCUT2D eigenvalue weighted by Crippen LogP contribution is -2.12. The van der Waals surface area contributed by atoms with Crippen LogP contribution in [0.1, 0.15) is 31.4 Å². The summed E-state index contributed by atoms with van der Waals surface area (Å²) in [4.78, 5) is 37.4. The van der Waals surface area contributed by atoms with Crippen LogP contribution in [0.25, 0.3) is 0 Å². The number of amides is 1. The third-order valence-electron chi connectivity index (χ3n) is 4.46. The normalized spacial score (nSPS) is 10.5. The Labute approximate surface area is 193 Å². The van der Waals surface area contributed by atoms with Crippen molar-refractivity contribution in [2.45, 2.75) is 13.5 Å². The number of rotatable bonds is 7. The number of ether oxygens (including phenoxy) is 1. The molecule has 0 unspecified atom stereocenters. The molecule has 2 heterocycles. The summed E-state index contributed by atoms with van der Waals surface area (Å²) in [6.45, 7) is 1.82. The number of carbonyl (C=O) groups is 2. The molecular weight excluding hydrogens is 440 g/mol. The first-order valence-electron chi connectivity index (χ1n) is 9.92. The number of nitrogen functional groups attached to an aromatic ring is 1. The minimum atomic E-state index is -0.557. The fourth-order valence-electron chi connectivity index (χ4n) is 2.83. The third kappa shape index (κ3) is 5.89. The summed E-state index contributed by atoms with van der Waals surface area (Å²) >= 11 is 1.35. The van der Waals surface area contributed by atoms with Crippen molar-refractivity contribution in [3.63, 3.8) is 0 Å². The van der Waals surface area contributed by atoms with E-state index in [1.165, 1.54) is 11.3 Å². The first kappa shape index (κ1) is 21.9. The molecule has 4 aromatic rings. The van der Waals surface area contributed by atoms with E-state index in [0.29, 0.717) is 16.1 Å². The third-order valence-corrected chi connectivity index (χ3v) is 5.33. The van der Waals surface area contributed by atoms with E-state index >= 15 is 0 Å². The van der Waals surface area contributed by atoms with Crippen molar-refractivity contribution in [3.05, 3.63) is 87.9 Å². The highest BCUT2D eigenvalue weighted by atomic mass is 32.1. The number of esters is 1. The Morgan fingerprint density at radius 2 is 1.70 bits per heavy atom. The highest BCUT2D eigenvalue weighted by molar-refractivity contribution is 7.12. The molecular formula is C23H20N6O3S. The van der Waals surface area contributed by atoms with Gasteiger partial charge in [-0.15, -0.1) is 11.3 Å². The van der Waals surface area contributed by atoms with Crippen LogP contribution in [0, 0.1) is 6.92 Å². The second-order valence-corrected chi connectivity index (χ2v) is 7.96. The molecule has 10 heteroatoms. The van der Waals surface area contributed by atoms with Crippen molar-refractivity contribution in [1.29, 1.82) is 0 Å². The Kier molecular flexibility index (Phi) is 6.56. The molecule has 0 spiro atoms. The molecule has 2 aromatic heterocycles. The van der Waals surface area contributed by atoms with Gasteiger partial charge in [-0.1, -0.05) is 23.8 Å². The van der Waals surface area contributed by atoms with Crippen LogP contribution >= 0.6 is 11.3 Å². The van der Waals surface area contributed by atoms with Crippen molar-refractivity contribution in [2.24, 2.45) is 0 Å². The van der Waals surface area contributed by atoms with Crippen molar-refractivity contribution in [1.82, 2.24) is 15.0 Å². The summed E-state index contributed by atoms with van der Waals surface area (Å²) in [5.41, 5.74) is 8.58. The number of nitrogens with zero attached hydrogens (tertiary/aromatic N) is 3. The molecule has 0 fully saturated rings. The van der Waals surface area contributed by atoms with Crippen LogP contribution < -0.4 is 16.4 Å². The fraction of sp³-hybridized carbons (Fsp3) is 0.0870. The Hall–Kier alpha value is -4.31. The Balaban J connectivity index is 1.35. The number of benzene rings is 2. The van der Waals surface area contributed by atoms with Crippen LogP contribution in [-0.4, -0.2) is 26.8 Å². The van der Waals surface area contributed by atoms with Crippen LogP contribution in [0.2, 0.25) is 0 Å². The maximum atomic E-state index is 12.4. The van der Waals surface area contributed by atoms with Crippen molar-refractivity contribution in [3.8, 4) is 0 Å². The number of aromatic nitrogens is 3. The summed E-state index contributed by atoms with van der Waals surface area (Å²) in [6.07, 6.45) is 0. The molecule has 0 radical (unpaired) electrons. The van der Waals surface area contributed by atoms with E-state index in [1.54, 1.807) is 36.4 Å². The average molecular weight is 461 g/mol. The van der Waals surface area contributed by atoms with E-state index in [0.717, 1.165) is 11.3 Å². The van der Waals surface area contributed by atoms with E-state index in [2.05, 4.69) is 25.6 Å². The quantitative estimate of drug-likeness (QED) is 0.350. The topological polar surface area (TPSA) is 132 Å². The van der Waals surface area contributed by atoms with Crippen molar-refractivity contribution in [2.75, 3.05) is 16.4 Å². The SMILES string of the molecule is Cc1ccc(Nc2nc(N)nc(COC(=O)c3ccc(NC(=O)c4cccs4)cc3)n2)cc1. The van der Waals surface area contributed by atoms with Gasteiger partial charge >= 0.3 is 5.97 Å². The summed E-state index contributed by atoms with van der Waals surface area (Å²) in [6, 6.07) is 17.6.